The third kappa shape index (κ3) is 4.03. The van der Waals surface area contributed by atoms with E-state index in [2.05, 4.69) is 20.5 Å². The van der Waals surface area contributed by atoms with Gasteiger partial charge in [0.05, 0.1) is 11.9 Å². The fraction of sp³-hybridized carbons (Fsp3) is 0.100. The summed E-state index contributed by atoms with van der Waals surface area (Å²) in [6.07, 6.45) is 4.50. The van der Waals surface area contributed by atoms with Gasteiger partial charge in [-0.3, -0.25) is 9.48 Å². The number of rotatable bonds is 5. The molecule has 146 valence electrons. The van der Waals surface area contributed by atoms with Crippen LogP contribution in [0.3, 0.4) is 0 Å². The molecule has 9 heteroatoms. The van der Waals surface area contributed by atoms with Crippen molar-refractivity contribution in [2.45, 2.75) is 13.5 Å². The molecule has 1 amide bonds. The maximum Gasteiger partial charge on any atom is 0.247 e. The number of hydrogen-bond acceptors (Lipinski definition) is 4. The molecule has 0 saturated heterocycles. The predicted molar refractivity (Wildman–Crippen MR) is 102 cm³/mol. The van der Waals surface area contributed by atoms with Gasteiger partial charge in [0, 0.05) is 29.6 Å². The van der Waals surface area contributed by atoms with Crippen molar-refractivity contribution < 1.29 is 13.6 Å². The number of aryl methyl sites for hydroxylation is 1. The Labute approximate surface area is 164 Å². The van der Waals surface area contributed by atoms with Crippen molar-refractivity contribution in [3.05, 3.63) is 78.4 Å². The van der Waals surface area contributed by atoms with E-state index in [9.17, 15) is 13.6 Å². The lowest BCUT2D eigenvalue weighted by Gasteiger charge is -2.08. The Morgan fingerprint density at radius 3 is 2.83 bits per heavy atom. The topological polar surface area (TPSA) is 77.6 Å². The second-order valence-electron chi connectivity index (χ2n) is 6.37. The lowest BCUT2D eigenvalue weighted by molar-refractivity contribution is -0.116. The highest BCUT2D eigenvalue weighted by molar-refractivity contribution is 5.90. The van der Waals surface area contributed by atoms with Crippen molar-refractivity contribution in [2.24, 2.45) is 0 Å². The summed E-state index contributed by atoms with van der Waals surface area (Å²) in [7, 11) is 0. The molecule has 1 aromatic carbocycles. The van der Waals surface area contributed by atoms with E-state index in [4.69, 9.17) is 0 Å². The van der Waals surface area contributed by atoms with Crippen LogP contribution in [-0.4, -0.2) is 30.5 Å². The van der Waals surface area contributed by atoms with Gasteiger partial charge in [0.2, 0.25) is 5.91 Å². The zero-order valence-corrected chi connectivity index (χ0v) is 15.4. The summed E-state index contributed by atoms with van der Waals surface area (Å²) in [4.78, 5) is 16.7. The molecule has 29 heavy (non-hydrogen) atoms. The second kappa shape index (κ2) is 7.63. The van der Waals surface area contributed by atoms with Gasteiger partial charge in [-0.05, 0) is 37.3 Å². The van der Waals surface area contributed by atoms with E-state index in [1.807, 2.05) is 13.0 Å². The van der Waals surface area contributed by atoms with Crippen LogP contribution in [0.5, 0.6) is 0 Å². The number of nitrogens with zero attached hydrogens (tertiary/aromatic N) is 5. The first kappa shape index (κ1) is 18.5. The average Bonchev–Trinajstić information content (AvgIpc) is 3.30. The van der Waals surface area contributed by atoms with Gasteiger partial charge in [0.15, 0.2) is 5.82 Å². The fourth-order valence-electron chi connectivity index (χ4n) is 2.88. The van der Waals surface area contributed by atoms with Crippen molar-refractivity contribution >= 4 is 11.7 Å². The molecule has 0 atom stereocenters. The second-order valence-corrected chi connectivity index (χ2v) is 6.37. The van der Waals surface area contributed by atoms with E-state index in [1.54, 1.807) is 24.4 Å². The van der Waals surface area contributed by atoms with Gasteiger partial charge in [-0.1, -0.05) is 6.07 Å². The molecule has 0 bridgehead atoms. The summed E-state index contributed by atoms with van der Waals surface area (Å²) in [6.45, 7) is 1.70. The SMILES string of the molecule is Cc1cc(NC(=O)Cn2cc(-c3cc(F)ccc3F)cn2)n(-c2ccccn2)n1. The minimum absolute atomic E-state index is 0.0838. The zero-order chi connectivity index (χ0) is 20.4. The molecular formula is C20H16F2N6O. The Morgan fingerprint density at radius 1 is 1.17 bits per heavy atom. The molecule has 0 aliphatic carbocycles. The Hall–Kier alpha value is -3.88. The van der Waals surface area contributed by atoms with Crippen LogP contribution in [0.25, 0.3) is 16.9 Å². The maximum atomic E-state index is 13.9. The fourth-order valence-corrected chi connectivity index (χ4v) is 2.88. The highest BCUT2D eigenvalue weighted by atomic mass is 19.1. The molecule has 4 aromatic rings. The Kier molecular flexibility index (Phi) is 4.86. The van der Waals surface area contributed by atoms with Gasteiger partial charge in [-0.15, -0.1) is 0 Å². The number of nitrogens with one attached hydrogen (secondary N) is 1. The maximum absolute atomic E-state index is 13.9. The van der Waals surface area contributed by atoms with E-state index >= 15 is 0 Å². The molecule has 1 N–H and O–H groups in total. The molecule has 0 radical (unpaired) electrons. The van der Waals surface area contributed by atoms with Crippen LogP contribution < -0.4 is 5.32 Å². The number of benzene rings is 1. The van der Waals surface area contributed by atoms with E-state index in [0.717, 1.165) is 18.2 Å². The zero-order valence-electron chi connectivity index (χ0n) is 15.4. The normalized spacial score (nSPS) is 10.9. The van der Waals surface area contributed by atoms with Gasteiger partial charge in [-0.25, -0.2) is 13.8 Å². The van der Waals surface area contributed by atoms with Crippen LogP contribution in [0.2, 0.25) is 0 Å². The highest BCUT2D eigenvalue weighted by Crippen LogP contribution is 2.23. The van der Waals surface area contributed by atoms with E-state index in [0.29, 0.717) is 22.9 Å². The molecule has 4 rings (SSSR count). The minimum atomic E-state index is -0.565. The third-order valence-electron chi connectivity index (χ3n) is 4.14. The standard InChI is InChI=1S/C20H16F2N6O/c1-13-8-19(28(26-13)18-4-2-3-7-23-18)25-20(29)12-27-11-14(10-24-27)16-9-15(21)5-6-17(16)22/h2-11H,12H2,1H3,(H,25,29). The van der Waals surface area contributed by atoms with Crippen LogP contribution in [0.15, 0.2) is 61.1 Å². The van der Waals surface area contributed by atoms with Crippen LogP contribution in [0.4, 0.5) is 14.6 Å². The largest absolute Gasteiger partial charge is 0.309 e. The summed E-state index contributed by atoms with van der Waals surface area (Å²) < 4.78 is 30.2. The van der Waals surface area contributed by atoms with Crippen molar-refractivity contribution in [3.63, 3.8) is 0 Å². The number of halogens is 2. The minimum Gasteiger partial charge on any atom is -0.309 e. The summed E-state index contributed by atoms with van der Waals surface area (Å²) in [6, 6.07) is 10.3. The Morgan fingerprint density at radius 2 is 2.03 bits per heavy atom. The number of anilines is 1. The first-order chi connectivity index (χ1) is 14.0. The van der Waals surface area contributed by atoms with Gasteiger partial charge in [0.1, 0.15) is 24.0 Å². The Balaban J connectivity index is 1.51. The lowest BCUT2D eigenvalue weighted by Crippen LogP contribution is -2.21. The summed E-state index contributed by atoms with van der Waals surface area (Å²) in [5.41, 5.74) is 1.18. The molecule has 3 heterocycles. The molecule has 0 saturated carbocycles. The predicted octanol–water partition coefficient (Wildman–Crippen LogP) is 3.36. The number of hydrogen-bond donors (Lipinski definition) is 1. The van der Waals surface area contributed by atoms with Gasteiger partial charge in [-0.2, -0.15) is 14.9 Å². The van der Waals surface area contributed by atoms with E-state index in [-0.39, 0.29) is 18.0 Å². The Bertz CT molecular complexity index is 1170. The van der Waals surface area contributed by atoms with Gasteiger partial charge >= 0.3 is 0 Å². The molecule has 0 spiro atoms. The van der Waals surface area contributed by atoms with Crippen LogP contribution in [0, 0.1) is 18.6 Å². The number of carbonyl (C=O) groups is 1. The van der Waals surface area contributed by atoms with E-state index in [1.165, 1.54) is 21.8 Å². The highest BCUT2D eigenvalue weighted by Gasteiger charge is 2.14. The number of pyridine rings is 1. The summed E-state index contributed by atoms with van der Waals surface area (Å²) in [5.74, 6) is -0.430. The molecule has 0 unspecified atom stereocenters. The first-order valence-corrected chi connectivity index (χ1v) is 8.75. The van der Waals surface area contributed by atoms with Gasteiger partial charge in [0.25, 0.3) is 0 Å². The van der Waals surface area contributed by atoms with Crippen molar-refractivity contribution in [2.75, 3.05) is 5.32 Å². The molecule has 7 nitrogen and oxygen atoms in total. The van der Waals surface area contributed by atoms with Crippen LogP contribution in [0.1, 0.15) is 5.69 Å². The molecule has 0 aliphatic rings. The number of aromatic nitrogens is 5. The number of amides is 1. The van der Waals surface area contributed by atoms with Crippen molar-refractivity contribution in [1.29, 1.82) is 0 Å². The van der Waals surface area contributed by atoms with Crippen molar-refractivity contribution in [1.82, 2.24) is 24.5 Å². The lowest BCUT2D eigenvalue weighted by atomic mass is 10.1. The monoisotopic (exact) mass is 394 g/mol. The van der Waals surface area contributed by atoms with Gasteiger partial charge < -0.3 is 5.32 Å². The number of carbonyl (C=O) groups excluding carboxylic acids is 1. The first-order valence-electron chi connectivity index (χ1n) is 8.75. The van der Waals surface area contributed by atoms with Crippen LogP contribution >= 0.6 is 0 Å². The average molecular weight is 394 g/mol. The smallest absolute Gasteiger partial charge is 0.247 e. The molecule has 3 aromatic heterocycles. The summed E-state index contributed by atoms with van der Waals surface area (Å²) >= 11 is 0. The molecule has 0 aliphatic heterocycles. The van der Waals surface area contributed by atoms with E-state index < -0.39 is 11.6 Å². The van der Waals surface area contributed by atoms with Crippen molar-refractivity contribution in [3.8, 4) is 16.9 Å². The summed E-state index contributed by atoms with van der Waals surface area (Å²) in [5, 5.41) is 11.2. The quantitative estimate of drug-likeness (QED) is 0.563. The van der Waals surface area contributed by atoms with Crippen LogP contribution in [-0.2, 0) is 11.3 Å². The third-order valence-corrected chi connectivity index (χ3v) is 4.14. The molecular weight excluding hydrogens is 378 g/mol. The molecule has 0 fully saturated rings.